The number of carbonyl (C=O) groups excluding carboxylic acids is 1. The normalized spacial score (nSPS) is 10.5. The number of hydrogen-bond acceptors (Lipinski definition) is 4. The van der Waals surface area contributed by atoms with E-state index >= 15 is 0 Å². The second kappa shape index (κ2) is 7.41. The van der Waals surface area contributed by atoms with E-state index in [1.807, 2.05) is 53.2 Å². The van der Waals surface area contributed by atoms with Crippen LogP contribution < -0.4 is 16.2 Å². The van der Waals surface area contributed by atoms with Crippen molar-refractivity contribution in [2.75, 3.05) is 6.54 Å². The van der Waals surface area contributed by atoms with E-state index in [0.29, 0.717) is 11.7 Å². The van der Waals surface area contributed by atoms with Gasteiger partial charge in [0.25, 0.3) is 0 Å². The highest BCUT2D eigenvalue weighted by Crippen LogP contribution is 2.23. The molecule has 6 nitrogen and oxygen atoms in total. The molecule has 8 heteroatoms. The second-order valence-corrected chi connectivity index (χ2v) is 6.33. The van der Waals surface area contributed by atoms with Gasteiger partial charge in [0.05, 0.1) is 12.1 Å². The van der Waals surface area contributed by atoms with Crippen molar-refractivity contribution < 1.29 is 4.79 Å². The number of nitrogens with one attached hydrogen (secondary N) is 3. The summed E-state index contributed by atoms with van der Waals surface area (Å²) >= 11 is 6.52. The molecule has 0 spiro atoms. The molecule has 24 heavy (non-hydrogen) atoms. The average Bonchev–Trinajstić information content (AvgIpc) is 3.16. The zero-order valence-corrected chi connectivity index (χ0v) is 14.7. The van der Waals surface area contributed by atoms with Gasteiger partial charge in [-0.25, -0.2) is 4.98 Å². The van der Waals surface area contributed by atoms with Crippen LogP contribution in [0.2, 0.25) is 0 Å². The van der Waals surface area contributed by atoms with E-state index in [4.69, 9.17) is 12.2 Å². The third-order valence-electron chi connectivity index (χ3n) is 3.35. The van der Waals surface area contributed by atoms with Crippen molar-refractivity contribution in [2.45, 2.75) is 13.3 Å². The van der Waals surface area contributed by atoms with E-state index in [2.05, 4.69) is 21.2 Å². The van der Waals surface area contributed by atoms with Gasteiger partial charge in [-0.2, -0.15) is 0 Å². The Morgan fingerprint density at radius 3 is 2.83 bits per heavy atom. The van der Waals surface area contributed by atoms with Crippen LogP contribution in [0.25, 0.3) is 16.2 Å². The predicted molar refractivity (Wildman–Crippen MR) is 99.8 cm³/mol. The molecule has 0 aliphatic rings. The number of carbonyl (C=O) groups is 1. The number of aromatic nitrogens is 2. The summed E-state index contributed by atoms with van der Waals surface area (Å²) in [6, 6.07) is 9.98. The fourth-order valence-corrected chi connectivity index (χ4v) is 3.31. The molecule has 3 rings (SSSR count). The van der Waals surface area contributed by atoms with Gasteiger partial charge >= 0.3 is 0 Å². The monoisotopic (exact) mass is 359 g/mol. The van der Waals surface area contributed by atoms with Gasteiger partial charge in [-0.05, 0) is 19.1 Å². The fourth-order valence-electron chi connectivity index (χ4n) is 2.24. The van der Waals surface area contributed by atoms with E-state index < -0.39 is 0 Å². The predicted octanol–water partition coefficient (Wildman–Crippen LogP) is 2.12. The van der Waals surface area contributed by atoms with Crippen molar-refractivity contribution in [3.8, 4) is 11.3 Å². The number of thiazole rings is 1. The minimum absolute atomic E-state index is 0.162. The maximum Gasteiger partial charge on any atom is 0.244 e. The molecule has 3 N–H and O–H groups in total. The van der Waals surface area contributed by atoms with Gasteiger partial charge in [-0.1, -0.05) is 30.3 Å². The summed E-state index contributed by atoms with van der Waals surface area (Å²) in [4.78, 5) is 17.5. The summed E-state index contributed by atoms with van der Waals surface area (Å²) in [6.45, 7) is 2.63. The molecule has 0 fully saturated rings. The number of thiocarbonyl (C=S) groups is 1. The lowest BCUT2D eigenvalue weighted by Crippen LogP contribution is -2.47. The number of amides is 1. The molecule has 1 aromatic carbocycles. The molecule has 0 bridgehead atoms. The number of imidazole rings is 1. The van der Waals surface area contributed by atoms with Crippen molar-refractivity contribution >= 4 is 39.5 Å². The second-order valence-electron chi connectivity index (χ2n) is 5.08. The molecule has 0 saturated heterocycles. The maximum absolute atomic E-state index is 12.0. The van der Waals surface area contributed by atoms with Gasteiger partial charge < -0.3 is 5.32 Å². The lowest BCUT2D eigenvalue weighted by atomic mass is 10.2. The summed E-state index contributed by atoms with van der Waals surface area (Å²) in [6.07, 6.45) is 2.20. The van der Waals surface area contributed by atoms with Crippen LogP contribution in [0.5, 0.6) is 0 Å². The number of fused-ring (bicyclic) bond motifs is 1. The van der Waals surface area contributed by atoms with Crippen molar-refractivity contribution in [1.29, 1.82) is 0 Å². The Hall–Kier alpha value is -2.45. The van der Waals surface area contributed by atoms with Gasteiger partial charge in [0.1, 0.15) is 0 Å². The molecule has 2 aromatic heterocycles. The first-order valence-electron chi connectivity index (χ1n) is 7.51. The van der Waals surface area contributed by atoms with Crippen LogP contribution >= 0.6 is 23.6 Å². The Morgan fingerprint density at radius 1 is 1.29 bits per heavy atom. The first kappa shape index (κ1) is 16.4. The number of hydrogen-bond donors (Lipinski definition) is 3. The molecular formula is C16H17N5OS2. The minimum Gasteiger partial charge on any atom is -0.362 e. The molecule has 0 aliphatic heterocycles. The Balaban J connectivity index is 1.70. The van der Waals surface area contributed by atoms with E-state index in [0.717, 1.165) is 21.9 Å². The van der Waals surface area contributed by atoms with Crippen molar-refractivity contribution in [3.05, 3.63) is 47.6 Å². The quantitative estimate of drug-likeness (QED) is 0.492. The average molecular weight is 359 g/mol. The van der Waals surface area contributed by atoms with Gasteiger partial charge in [0, 0.05) is 29.4 Å². The van der Waals surface area contributed by atoms with E-state index in [1.54, 1.807) is 0 Å². The lowest BCUT2D eigenvalue weighted by molar-refractivity contribution is -0.121. The molecule has 0 radical (unpaired) electrons. The summed E-state index contributed by atoms with van der Waals surface area (Å²) < 4.78 is 1.95. The summed E-state index contributed by atoms with van der Waals surface area (Å²) in [5, 5.41) is 5.25. The summed E-state index contributed by atoms with van der Waals surface area (Å²) in [5.41, 5.74) is 8.10. The highest BCUT2D eigenvalue weighted by atomic mass is 32.1. The molecule has 2 heterocycles. The van der Waals surface area contributed by atoms with E-state index in [9.17, 15) is 4.79 Å². The largest absolute Gasteiger partial charge is 0.362 e. The van der Waals surface area contributed by atoms with Crippen LogP contribution in [0, 0.1) is 0 Å². The van der Waals surface area contributed by atoms with Crippen LogP contribution in [0.4, 0.5) is 0 Å². The SMILES string of the molecule is CCNC(=S)NNC(=O)Cc1csc2nc(-c3ccccc3)cn12. The Morgan fingerprint density at radius 2 is 2.08 bits per heavy atom. The minimum atomic E-state index is -0.162. The Bertz CT molecular complexity index is 856. The molecule has 1 amide bonds. The van der Waals surface area contributed by atoms with Crippen molar-refractivity contribution in [1.82, 2.24) is 25.6 Å². The zero-order valence-electron chi connectivity index (χ0n) is 13.1. The summed E-state index contributed by atoms with van der Waals surface area (Å²) in [7, 11) is 0. The third-order valence-corrected chi connectivity index (χ3v) is 4.48. The number of nitrogens with zero attached hydrogens (tertiary/aromatic N) is 2. The maximum atomic E-state index is 12.0. The van der Waals surface area contributed by atoms with Gasteiger partial charge in [-0.15, -0.1) is 11.3 Å². The molecule has 0 saturated carbocycles. The van der Waals surface area contributed by atoms with Crippen LogP contribution in [0.15, 0.2) is 41.9 Å². The molecule has 0 atom stereocenters. The van der Waals surface area contributed by atoms with Gasteiger partial charge in [0.2, 0.25) is 5.91 Å². The van der Waals surface area contributed by atoms with Crippen LogP contribution in [0.3, 0.4) is 0 Å². The topological polar surface area (TPSA) is 70.5 Å². The van der Waals surface area contributed by atoms with E-state index in [-0.39, 0.29) is 12.3 Å². The van der Waals surface area contributed by atoms with Gasteiger partial charge in [0.15, 0.2) is 10.1 Å². The van der Waals surface area contributed by atoms with Crippen molar-refractivity contribution in [2.24, 2.45) is 0 Å². The molecule has 124 valence electrons. The van der Waals surface area contributed by atoms with Gasteiger partial charge in [-0.3, -0.25) is 20.0 Å². The molecular weight excluding hydrogens is 342 g/mol. The van der Waals surface area contributed by atoms with Crippen LogP contribution in [0.1, 0.15) is 12.6 Å². The highest BCUT2D eigenvalue weighted by Gasteiger charge is 2.12. The molecule has 3 aromatic rings. The first-order valence-corrected chi connectivity index (χ1v) is 8.79. The smallest absolute Gasteiger partial charge is 0.244 e. The molecule has 0 unspecified atom stereocenters. The fraction of sp³-hybridized carbons (Fsp3) is 0.188. The lowest BCUT2D eigenvalue weighted by Gasteiger charge is -2.09. The number of benzene rings is 1. The zero-order chi connectivity index (χ0) is 16.9. The number of rotatable bonds is 4. The molecule has 0 aliphatic carbocycles. The van der Waals surface area contributed by atoms with Crippen LogP contribution in [-0.4, -0.2) is 26.9 Å². The van der Waals surface area contributed by atoms with Crippen LogP contribution in [-0.2, 0) is 11.2 Å². The highest BCUT2D eigenvalue weighted by molar-refractivity contribution is 7.80. The summed E-state index contributed by atoms with van der Waals surface area (Å²) in [5.74, 6) is -0.162. The van der Waals surface area contributed by atoms with E-state index in [1.165, 1.54) is 11.3 Å². The number of hydrazine groups is 1. The first-order chi connectivity index (χ1) is 11.7. The Labute approximate surface area is 148 Å². The van der Waals surface area contributed by atoms with Crippen molar-refractivity contribution in [3.63, 3.8) is 0 Å². The standard InChI is InChI=1S/C16H17N5OS2/c1-2-17-15(23)20-19-14(22)8-12-10-24-16-18-13(9-21(12)16)11-6-4-3-5-7-11/h3-7,9-10H,2,8H2,1H3,(H,19,22)(H2,17,20,23). The third kappa shape index (κ3) is 3.72. The Kier molecular flexibility index (Phi) is 5.07.